The van der Waals surface area contributed by atoms with Gasteiger partial charge in [-0.2, -0.15) is 5.10 Å². The summed E-state index contributed by atoms with van der Waals surface area (Å²) in [6, 6.07) is 6.03. The minimum absolute atomic E-state index is 0.831. The van der Waals surface area contributed by atoms with Crippen molar-refractivity contribution in [3.63, 3.8) is 0 Å². The monoisotopic (exact) mass is 228 g/mol. The van der Waals surface area contributed by atoms with E-state index in [1.807, 2.05) is 18.3 Å². The smallest absolute Gasteiger partial charge is 0.127 e. The molecule has 1 aliphatic heterocycles. The lowest BCUT2D eigenvalue weighted by atomic mass is 10.1. The van der Waals surface area contributed by atoms with Crippen molar-refractivity contribution in [1.82, 2.24) is 14.8 Å². The molecule has 4 heteroatoms. The first-order chi connectivity index (χ1) is 8.38. The van der Waals surface area contributed by atoms with Crippen LogP contribution in [0.1, 0.15) is 23.9 Å². The Morgan fingerprint density at radius 1 is 1.41 bits per heavy atom. The molecule has 1 N–H and O–H groups in total. The standard InChI is InChI=1S/C13H16N4/c1-2-17-13-11(6-8-15-13)12(16-17)9-10-5-3-4-7-14-10/h3-5,7,15H,2,6,8-9H2,1H3. The zero-order valence-electron chi connectivity index (χ0n) is 9.98. The van der Waals surface area contributed by atoms with Gasteiger partial charge in [-0.25, -0.2) is 4.68 Å². The van der Waals surface area contributed by atoms with E-state index in [-0.39, 0.29) is 0 Å². The highest BCUT2D eigenvalue weighted by atomic mass is 15.3. The van der Waals surface area contributed by atoms with Crippen LogP contribution in [0.3, 0.4) is 0 Å². The average molecular weight is 228 g/mol. The maximum Gasteiger partial charge on any atom is 0.127 e. The minimum Gasteiger partial charge on any atom is -0.370 e. The number of fused-ring (bicyclic) bond motifs is 1. The van der Waals surface area contributed by atoms with E-state index in [1.54, 1.807) is 0 Å². The summed E-state index contributed by atoms with van der Waals surface area (Å²) in [6.07, 6.45) is 3.75. The molecule has 0 aromatic carbocycles. The number of nitrogens with zero attached hydrogens (tertiary/aromatic N) is 3. The van der Waals surface area contributed by atoms with Gasteiger partial charge >= 0.3 is 0 Å². The van der Waals surface area contributed by atoms with Crippen LogP contribution in [0.4, 0.5) is 5.82 Å². The number of anilines is 1. The van der Waals surface area contributed by atoms with Crippen molar-refractivity contribution >= 4 is 5.82 Å². The summed E-state index contributed by atoms with van der Waals surface area (Å²) in [4.78, 5) is 4.36. The summed E-state index contributed by atoms with van der Waals surface area (Å²) < 4.78 is 2.06. The molecule has 0 unspecified atom stereocenters. The zero-order valence-corrected chi connectivity index (χ0v) is 9.98. The summed E-state index contributed by atoms with van der Waals surface area (Å²) in [5, 5.41) is 8.07. The van der Waals surface area contributed by atoms with Crippen molar-refractivity contribution in [2.75, 3.05) is 11.9 Å². The van der Waals surface area contributed by atoms with Crippen molar-refractivity contribution in [2.45, 2.75) is 26.3 Å². The molecule has 0 spiro atoms. The highest BCUT2D eigenvalue weighted by Crippen LogP contribution is 2.26. The third kappa shape index (κ3) is 1.79. The first-order valence-electron chi connectivity index (χ1n) is 6.11. The van der Waals surface area contributed by atoms with Crippen molar-refractivity contribution in [2.24, 2.45) is 0 Å². The quantitative estimate of drug-likeness (QED) is 0.872. The summed E-state index contributed by atoms with van der Waals surface area (Å²) in [5.74, 6) is 1.21. The van der Waals surface area contributed by atoms with E-state index in [0.29, 0.717) is 0 Å². The van der Waals surface area contributed by atoms with Gasteiger partial charge in [-0.3, -0.25) is 4.98 Å². The summed E-state index contributed by atoms with van der Waals surface area (Å²) in [5.41, 5.74) is 3.63. The van der Waals surface area contributed by atoms with E-state index >= 15 is 0 Å². The molecule has 4 nitrogen and oxygen atoms in total. The molecule has 0 saturated carbocycles. The van der Waals surface area contributed by atoms with E-state index in [1.165, 1.54) is 17.1 Å². The van der Waals surface area contributed by atoms with Gasteiger partial charge in [0.2, 0.25) is 0 Å². The topological polar surface area (TPSA) is 42.7 Å². The van der Waals surface area contributed by atoms with Crippen LogP contribution in [0.2, 0.25) is 0 Å². The van der Waals surface area contributed by atoms with Crippen LogP contribution in [0.5, 0.6) is 0 Å². The van der Waals surface area contributed by atoms with E-state index < -0.39 is 0 Å². The van der Waals surface area contributed by atoms with Crippen molar-refractivity contribution < 1.29 is 0 Å². The molecule has 2 aromatic rings. The minimum atomic E-state index is 0.831. The predicted octanol–water partition coefficient (Wildman–Crippen LogP) is 1.86. The molecule has 0 saturated heterocycles. The molecular weight excluding hydrogens is 212 g/mol. The van der Waals surface area contributed by atoms with E-state index in [2.05, 4.69) is 33.1 Å². The maximum atomic E-state index is 4.66. The zero-order chi connectivity index (χ0) is 11.7. The number of nitrogens with one attached hydrogen (secondary N) is 1. The van der Waals surface area contributed by atoms with Crippen LogP contribution in [-0.4, -0.2) is 21.3 Å². The molecule has 0 atom stereocenters. The summed E-state index contributed by atoms with van der Waals surface area (Å²) in [6.45, 7) is 4.07. The first-order valence-corrected chi connectivity index (χ1v) is 6.11. The van der Waals surface area contributed by atoms with Crippen LogP contribution in [0.25, 0.3) is 0 Å². The SMILES string of the molecule is CCn1nc(Cc2ccccn2)c2c1NCC2. The highest BCUT2D eigenvalue weighted by molar-refractivity contribution is 5.53. The van der Waals surface area contributed by atoms with Crippen LogP contribution in [0.15, 0.2) is 24.4 Å². The molecule has 0 aliphatic carbocycles. The van der Waals surface area contributed by atoms with Crippen molar-refractivity contribution in [3.8, 4) is 0 Å². The number of hydrogen-bond acceptors (Lipinski definition) is 3. The van der Waals surface area contributed by atoms with Gasteiger partial charge in [0.1, 0.15) is 5.82 Å². The average Bonchev–Trinajstić information content (AvgIpc) is 2.94. The molecule has 3 heterocycles. The van der Waals surface area contributed by atoms with Gasteiger partial charge in [0.05, 0.1) is 5.69 Å². The first kappa shape index (κ1) is 10.3. The number of rotatable bonds is 3. The molecule has 0 amide bonds. The van der Waals surface area contributed by atoms with Gasteiger partial charge in [0.25, 0.3) is 0 Å². The molecular formula is C13H16N4. The van der Waals surface area contributed by atoms with Gasteiger partial charge in [0.15, 0.2) is 0 Å². The fourth-order valence-electron chi connectivity index (χ4n) is 2.36. The summed E-state index contributed by atoms with van der Waals surface area (Å²) >= 11 is 0. The number of pyridine rings is 1. The van der Waals surface area contributed by atoms with Gasteiger partial charge in [-0.05, 0) is 25.5 Å². The third-order valence-corrected chi connectivity index (χ3v) is 3.18. The van der Waals surface area contributed by atoms with E-state index in [4.69, 9.17) is 0 Å². The van der Waals surface area contributed by atoms with Gasteiger partial charge in [-0.1, -0.05) is 6.07 Å². The molecule has 0 fully saturated rings. The Balaban J connectivity index is 1.94. The Bertz CT molecular complexity index is 516. The Labute approximate surface area is 101 Å². The normalized spacial score (nSPS) is 13.5. The summed E-state index contributed by atoms with van der Waals surface area (Å²) in [7, 11) is 0. The molecule has 1 aliphatic rings. The second-order valence-corrected chi connectivity index (χ2v) is 4.26. The molecule has 3 rings (SSSR count). The second-order valence-electron chi connectivity index (χ2n) is 4.26. The maximum absolute atomic E-state index is 4.66. The van der Waals surface area contributed by atoms with Gasteiger partial charge < -0.3 is 5.32 Å². The van der Waals surface area contributed by atoms with E-state index in [9.17, 15) is 0 Å². The molecule has 0 radical (unpaired) electrons. The second kappa shape index (κ2) is 4.20. The number of hydrogen-bond donors (Lipinski definition) is 1. The largest absolute Gasteiger partial charge is 0.370 e. The predicted molar refractivity (Wildman–Crippen MR) is 67.1 cm³/mol. The third-order valence-electron chi connectivity index (χ3n) is 3.18. The molecule has 2 aromatic heterocycles. The van der Waals surface area contributed by atoms with Crippen LogP contribution >= 0.6 is 0 Å². The van der Waals surface area contributed by atoms with Crippen LogP contribution in [-0.2, 0) is 19.4 Å². The Hall–Kier alpha value is -1.84. The lowest BCUT2D eigenvalue weighted by Crippen LogP contribution is -2.05. The van der Waals surface area contributed by atoms with Crippen molar-refractivity contribution in [3.05, 3.63) is 41.3 Å². The Kier molecular flexibility index (Phi) is 2.55. The Morgan fingerprint density at radius 3 is 3.12 bits per heavy atom. The van der Waals surface area contributed by atoms with E-state index in [0.717, 1.165) is 31.6 Å². The fourth-order valence-corrected chi connectivity index (χ4v) is 2.36. The van der Waals surface area contributed by atoms with Gasteiger partial charge in [0, 0.05) is 37.0 Å². The highest BCUT2D eigenvalue weighted by Gasteiger charge is 2.21. The number of aryl methyl sites for hydroxylation is 1. The molecule has 17 heavy (non-hydrogen) atoms. The number of aromatic nitrogens is 3. The fraction of sp³-hybridized carbons (Fsp3) is 0.385. The lowest BCUT2D eigenvalue weighted by molar-refractivity contribution is 0.654. The van der Waals surface area contributed by atoms with Crippen molar-refractivity contribution in [1.29, 1.82) is 0 Å². The van der Waals surface area contributed by atoms with Crippen LogP contribution < -0.4 is 5.32 Å². The molecule has 0 bridgehead atoms. The van der Waals surface area contributed by atoms with Gasteiger partial charge in [-0.15, -0.1) is 0 Å². The Morgan fingerprint density at radius 2 is 2.35 bits per heavy atom. The lowest BCUT2D eigenvalue weighted by Gasteiger charge is -2.01. The van der Waals surface area contributed by atoms with Crippen LogP contribution in [0, 0.1) is 0 Å². The molecule has 88 valence electrons.